The summed E-state index contributed by atoms with van der Waals surface area (Å²) in [4.78, 5) is 24.8. The van der Waals surface area contributed by atoms with Crippen molar-refractivity contribution in [1.82, 2.24) is 15.1 Å². The molecule has 1 aromatic heterocycles. The Balaban J connectivity index is 1.66. The van der Waals surface area contributed by atoms with Gasteiger partial charge >= 0.3 is 0 Å². The standard InChI is InChI=1S/C23H24ClN3O3S/c1-4-30-19-7-5-6-17(12-19)14-25-23(29)16(3)31-21-10-11-22(28)27(26-21)18-9-8-15(2)20(24)13-18/h5-13,16H,4,14H2,1-3H3,(H,25,29). The third kappa shape index (κ3) is 6.12. The number of aryl methyl sites for hydroxylation is 1. The van der Waals surface area contributed by atoms with Crippen molar-refractivity contribution in [1.29, 1.82) is 0 Å². The molecule has 1 amide bonds. The van der Waals surface area contributed by atoms with Gasteiger partial charge in [0.1, 0.15) is 10.8 Å². The minimum absolute atomic E-state index is 0.121. The van der Waals surface area contributed by atoms with Crippen molar-refractivity contribution in [2.24, 2.45) is 0 Å². The summed E-state index contributed by atoms with van der Waals surface area (Å²) in [6.07, 6.45) is 0. The topological polar surface area (TPSA) is 73.2 Å². The van der Waals surface area contributed by atoms with Gasteiger partial charge in [0.05, 0.1) is 17.5 Å². The van der Waals surface area contributed by atoms with Crippen LogP contribution in [0.15, 0.2) is 64.4 Å². The molecule has 1 N–H and O–H groups in total. The summed E-state index contributed by atoms with van der Waals surface area (Å²) >= 11 is 7.47. The molecule has 0 spiro atoms. The molecule has 1 heterocycles. The number of hydrogen-bond acceptors (Lipinski definition) is 5. The van der Waals surface area contributed by atoms with Crippen LogP contribution in [0.4, 0.5) is 0 Å². The summed E-state index contributed by atoms with van der Waals surface area (Å²) < 4.78 is 6.78. The van der Waals surface area contributed by atoms with E-state index >= 15 is 0 Å². The van der Waals surface area contributed by atoms with Gasteiger partial charge in [-0.15, -0.1) is 0 Å². The molecule has 31 heavy (non-hydrogen) atoms. The Labute approximate surface area is 190 Å². The van der Waals surface area contributed by atoms with Gasteiger partial charge in [-0.2, -0.15) is 9.78 Å². The second-order valence-corrected chi connectivity index (χ2v) is 8.68. The van der Waals surface area contributed by atoms with Gasteiger partial charge in [0.15, 0.2) is 0 Å². The largest absolute Gasteiger partial charge is 0.494 e. The molecule has 1 unspecified atom stereocenters. The predicted octanol–water partition coefficient (Wildman–Crippen LogP) is 4.39. The minimum atomic E-state index is -0.393. The molecule has 3 aromatic rings. The summed E-state index contributed by atoms with van der Waals surface area (Å²) in [5.41, 5.74) is 2.19. The fourth-order valence-corrected chi connectivity index (χ4v) is 3.84. The van der Waals surface area contributed by atoms with Crippen molar-refractivity contribution in [2.45, 2.75) is 37.6 Å². The van der Waals surface area contributed by atoms with Gasteiger partial charge in [-0.3, -0.25) is 9.59 Å². The van der Waals surface area contributed by atoms with E-state index in [2.05, 4.69) is 10.4 Å². The van der Waals surface area contributed by atoms with Crippen LogP contribution in [0.3, 0.4) is 0 Å². The number of carbonyl (C=O) groups is 1. The zero-order valence-electron chi connectivity index (χ0n) is 17.6. The number of hydrogen-bond donors (Lipinski definition) is 1. The number of aromatic nitrogens is 2. The second kappa shape index (κ2) is 10.5. The Bertz CT molecular complexity index is 1130. The molecule has 0 aliphatic rings. The molecule has 2 aromatic carbocycles. The van der Waals surface area contributed by atoms with Crippen LogP contribution >= 0.6 is 23.4 Å². The van der Waals surface area contributed by atoms with E-state index in [1.54, 1.807) is 25.1 Å². The van der Waals surface area contributed by atoms with Crippen LogP contribution in [-0.2, 0) is 11.3 Å². The van der Waals surface area contributed by atoms with Crippen LogP contribution in [0.25, 0.3) is 5.69 Å². The third-order valence-corrected chi connectivity index (χ3v) is 5.95. The maximum absolute atomic E-state index is 12.6. The van der Waals surface area contributed by atoms with Crippen LogP contribution in [-0.4, -0.2) is 27.5 Å². The number of benzene rings is 2. The third-order valence-electron chi connectivity index (χ3n) is 4.52. The van der Waals surface area contributed by atoms with E-state index in [4.69, 9.17) is 16.3 Å². The molecule has 1 atom stereocenters. The molecule has 0 fully saturated rings. The zero-order chi connectivity index (χ0) is 22.4. The van der Waals surface area contributed by atoms with E-state index in [9.17, 15) is 9.59 Å². The highest BCUT2D eigenvalue weighted by atomic mass is 35.5. The molecule has 6 nitrogen and oxygen atoms in total. The lowest BCUT2D eigenvalue weighted by molar-refractivity contribution is -0.120. The van der Waals surface area contributed by atoms with E-state index in [1.165, 1.54) is 22.5 Å². The molecule has 0 saturated heterocycles. The van der Waals surface area contributed by atoms with Gasteiger partial charge in [-0.25, -0.2) is 0 Å². The van der Waals surface area contributed by atoms with Gasteiger partial charge in [0.2, 0.25) is 5.91 Å². The summed E-state index contributed by atoms with van der Waals surface area (Å²) in [5.74, 6) is 0.657. The number of rotatable bonds is 8. The van der Waals surface area contributed by atoms with Gasteiger partial charge < -0.3 is 10.1 Å². The minimum Gasteiger partial charge on any atom is -0.494 e. The number of thioether (sulfide) groups is 1. The van der Waals surface area contributed by atoms with Crippen molar-refractivity contribution < 1.29 is 9.53 Å². The maximum Gasteiger partial charge on any atom is 0.271 e. The average Bonchev–Trinajstić information content (AvgIpc) is 2.76. The predicted molar refractivity (Wildman–Crippen MR) is 124 cm³/mol. The second-order valence-electron chi connectivity index (χ2n) is 6.91. The summed E-state index contributed by atoms with van der Waals surface area (Å²) in [5, 5.41) is 8.06. The first-order valence-electron chi connectivity index (χ1n) is 9.90. The molecule has 0 bridgehead atoms. The maximum atomic E-state index is 12.6. The van der Waals surface area contributed by atoms with Crippen molar-refractivity contribution in [3.8, 4) is 11.4 Å². The van der Waals surface area contributed by atoms with Gasteiger partial charge in [0, 0.05) is 17.6 Å². The molecule has 0 radical (unpaired) electrons. The Kier molecular flexibility index (Phi) is 7.76. The van der Waals surface area contributed by atoms with Crippen LogP contribution in [0.1, 0.15) is 25.0 Å². The Morgan fingerprint density at radius 2 is 2.03 bits per heavy atom. The SMILES string of the molecule is CCOc1cccc(CNC(=O)C(C)Sc2ccc(=O)n(-c3ccc(C)c(Cl)c3)n2)c1. The fraction of sp³-hybridized carbons (Fsp3) is 0.261. The quantitative estimate of drug-likeness (QED) is 0.508. The van der Waals surface area contributed by atoms with E-state index in [0.717, 1.165) is 16.9 Å². The highest BCUT2D eigenvalue weighted by molar-refractivity contribution is 8.00. The molecule has 0 saturated carbocycles. The van der Waals surface area contributed by atoms with Crippen molar-refractivity contribution in [3.05, 3.63) is 81.1 Å². The fourth-order valence-electron chi connectivity index (χ4n) is 2.84. The van der Waals surface area contributed by atoms with Gasteiger partial charge in [-0.1, -0.05) is 41.6 Å². The zero-order valence-corrected chi connectivity index (χ0v) is 19.2. The lowest BCUT2D eigenvalue weighted by Crippen LogP contribution is -2.30. The molecule has 162 valence electrons. The van der Waals surface area contributed by atoms with Crippen LogP contribution in [0.5, 0.6) is 5.75 Å². The van der Waals surface area contributed by atoms with Crippen molar-refractivity contribution in [3.63, 3.8) is 0 Å². The first-order chi connectivity index (χ1) is 14.9. The normalized spacial score (nSPS) is 11.7. The number of halogens is 1. The van der Waals surface area contributed by atoms with Crippen LogP contribution in [0.2, 0.25) is 5.02 Å². The Hall–Kier alpha value is -2.77. The highest BCUT2D eigenvalue weighted by Gasteiger charge is 2.16. The number of nitrogens with one attached hydrogen (secondary N) is 1. The molecule has 8 heteroatoms. The van der Waals surface area contributed by atoms with Crippen LogP contribution < -0.4 is 15.6 Å². The smallest absolute Gasteiger partial charge is 0.271 e. The Morgan fingerprint density at radius 1 is 1.23 bits per heavy atom. The molecular formula is C23H24ClN3O3S. The highest BCUT2D eigenvalue weighted by Crippen LogP contribution is 2.22. The first-order valence-corrected chi connectivity index (χ1v) is 11.2. The molecular weight excluding hydrogens is 434 g/mol. The number of amides is 1. The number of ether oxygens (including phenoxy) is 1. The lowest BCUT2D eigenvalue weighted by Gasteiger charge is -2.13. The van der Waals surface area contributed by atoms with E-state index in [0.29, 0.717) is 28.9 Å². The first kappa shape index (κ1) is 22.9. The molecule has 0 aliphatic heterocycles. The molecule has 3 rings (SSSR count). The van der Waals surface area contributed by atoms with E-state index in [-0.39, 0.29) is 11.5 Å². The van der Waals surface area contributed by atoms with Crippen molar-refractivity contribution >= 4 is 29.3 Å². The summed E-state index contributed by atoms with van der Waals surface area (Å²) in [6.45, 7) is 6.61. The summed E-state index contributed by atoms with van der Waals surface area (Å²) in [7, 11) is 0. The average molecular weight is 458 g/mol. The van der Waals surface area contributed by atoms with E-state index in [1.807, 2.05) is 44.2 Å². The number of carbonyl (C=O) groups excluding carboxylic acids is 1. The Morgan fingerprint density at radius 3 is 2.77 bits per heavy atom. The van der Waals surface area contributed by atoms with Gasteiger partial charge in [-0.05, 0) is 62.2 Å². The van der Waals surface area contributed by atoms with E-state index < -0.39 is 5.25 Å². The van der Waals surface area contributed by atoms with Crippen LogP contribution in [0, 0.1) is 6.92 Å². The summed E-state index contributed by atoms with van der Waals surface area (Å²) in [6, 6.07) is 16.0. The van der Waals surface area contributed by atoms with Gasteiger partial charge in [0.25, 0.3) is 5.56 Å². The van der Waals surface area contributed by atoms with Crippen molar-refractivity contribution in [2.75, 3.05) is 6.61 Å². The number of nitrogens with zero attached hydrogens (tertiary/aromatic N) is 2. The monoisotopic (exact) mass is 457 g/mol. The lowest BCUT2D eigenvalue weighted by atomic mass is 10.2. The molecule has 0 aliphatic carbocycles.